The van der Waals surface area contributed by atoms with Crippen molar-refractivity contribution in [2.75, 3.05) is 25.6 Å². The Morgan fingerprint density at radius 3 is 2.35 bits per heavy atom. The van der Waals surface area contributed by atoms with Crippen molar-refractivity contribution in [3.05, 3.63) is 95.3 Å². The highest BCUT2D eigenvalue weighted by molar-refractivity contribution is 6.34. The lowest BCUT2D eigenvalue weighted by Gasteiger charge is -2.08. The van der Waals surface area contributed by atoms with Gasteiger partial charge in [0, 0.05) is 24.9 Å². The van der Waals surface area contributed by atoms with Crippen molar-refractivity contribution in [2.45, 2.75) is 0 Å². The van der Waals surface area contributed by atoms with E-state index in [9.17, 15) is 9.59 Å². The highest BCUT2D eigenvalue weighted by Gasteiger charge is 2.19. The number of carbonyl (C=O) groups excluding carboxylic acids is 2. The van der Waals surface area contributed by atoms with E-state index in [1.165, 1.54) is 6.07 Å². The van der Waals surface area contributed by atoms with Crippen LogP contribution in [0.1, 0.15) is 21.0 Å². The van der Waals surface area contributed by atoms with Gasteiger partial charge in [0.1, 0.15) is 0 Å². The topological polar surface area (TPSA) is 98.1 Å². The Balaban J connectivity index is 1.57. The van der Waals surface area contributed by atoms with Gasteiger partial charge in [0.2, 0.25) is 5.82 Å². The van der Waals surface area contributed by atoms with Crippen LogP contribution in [0.5, 0.6) is 0 Å². The maximum absolute atomic E-state index is 13.0. The van der Waals surface area contributed by atoms with Crippen molar-refractivity contribution in [3.63, 3.8) is 0 Å². The first-order chi connectivity index (χ1) is 16.6. The molecule has 0 unspecified atom stereocenters. The molecule has 9 heteroatoms. The molecule has 0 aliphatic heterocycles. The average Bonchev–Trinajstić information content (AvgIpc) is 3.31. The molecule has 0 aliphatic rings. The summed E-state index contributed by atoms with van der Waals surface area (Å²) in [4.78, 5) is 29.7. The number of halogens is 1. The zero-order valence-corrected chi connectivity index (χ0v) is 19.1. The van der Waals surface area contributed by atoms with Gasteiger partial charge >= 0.3 is 0 Å². The van der Waals surface area contributed by atoms with Crippen molar-refractivity contribution in [1.29, 1.82) is 0 Å². The molecule has 2 N–H and O–H groups in total. The van der Waals surface area contributed by atoms with Gasteiger partial charge < -0.3 is 15.4 Å². The molecule has 0 aliphatic carbocycles. The molecule has 0 fully saturated rings. The summed E-state index contributed by atoms with van der Waals surface area (Å²) in [6.07, 6.45) is 0. The molecule has 4 rings (SSSR count). The number of para-hydroxylation sites is 1. The molecule has 0 radical (unpaired) electrons. The van der Waals surface area contributed by atoms with Crippen LogP contribution in [0.15, 0.2) is 78.9 Å². The molecule has 0 saturated carbocycles. The fourth-order valence-corrected chi connectivity index (χ4v) is 3.52. The first-order valence-electron chi connectivity index (χ1n) is 10.5. The first kappa shape index (κ1) is 23.2. The third-order valence-electron chi connectivity index (χ3n) is 4.91. The number of nitrogens with one attached hydrogen (secondary N) is 2. The molecule has 0 atom stereocenters. The van der Waals surface area contributed by atoms with Crippen LogP contribution in [0.25, 0.3) is 17.1 Å². The van der Waals surface area contributed by atoms with Gasteiger partial charge in [-0.25, -0.2) is 9.67 Å². The van der Waals surface area contributed by atoms with Crippen LogP contribution in [0.3, 0.4) is 0 Å². The Hall–Kier alpha value is -4.01. The van der Waals surface area contributed by atoms with Gasteiger partial charge in [0.15, 0.2) is 5.82 Å². The summed E-state index contributed by atoms with van der Waals surface area (Å²) >= 11 is 6.28. The maximum atomic E-state index is 13.0. The van der Waals surface area contributed by atoms with Crippen LogP contribution in [-0.4, -0.2) is 46.8 Å². The normalized spacial score (nSPS) is 10.6. The van der Waals surface area contributed by atoms with Crippen LogP contribution in [0, 0.1) is 0 Å². The van der Waals surface area contributed by atoms with Gasteiger partial charge in [0.05, 0.1) is 22.9 Å². The van der Waals surface area contributed by atoms with Crippen molar-refractivity contribution in [3.8, 4) is 17.1 Å². The molecule has 1 aromatic heterocycles. The SMILES string of the molecule is COCCNC(=O)c1ccc(NC(=O)c2nc(-c3ccccc3)n(-c3ccccc3)n2)cc1Cl. The first-order valence-corrected chi connectivity index (χ1v) is 10.9. The second-order valence-corrected chi connectivity index (χ2v) is 7.68. The molecule has 0 saturated heterocycles. The van der Waals surface area contributed by atoms with Crippen LogP contribution in [-0.2, 0) is 4.74 Å². The molecule has 3 aromatic carbocycles. The fourth-order valence-electron chi connectivity index (χ4n) is 3.26. The molecule has 172 valence electrons. The van der Waals surface area contributed by atoms with E-state index in [2.05, 4.69) is 20.7 Å². The summed E-state index contributed by atoms with van der Waals surface area (Å²) in [6, 6.07) is 23.6. The molecular formula is C25H22ClN5O3. The molecule has 0 bridgehead atoms. The van der Waals surface area contributed by atoms with E-state index in [0.29, 0.717) is 30.2 Å². The predicted molar refractivity (Wildman–Crippen MR) is 130 cm³/mol. The lowest BCUT2D eigenvalue weighted by molar-refractivity contribution is 0.0936. The Kier molecular flexibility index (Phi) is 7.31. The number of rotatable bonds is 8. The number of nitrogens with zero attached hydrogens (tertiary/aromatic N) is 3. The summed E-state index contributed by atoms with van der Waals surface area (Å²) in [7, 11) is 1.55. The monoisotopic (exact) mass is 475 g/mol. The molecular weight excluding hydrogens is 454 g/mol. The summed E-state index contributed by atoms with van der Waals surface area (Å²) < 4.78 is 6.55. The van der Waals surface area contributed by atoms with Gasteiger partial charge in [-0.3, -0.25) is 9.59 Å². The maximum Gasteiger partial charge on any atom is 0.295 e. The number of aromatic nitrogens is 3. The molecule has 8 nitrogen and oxygen atoms in total. The number of amides is 2. The standard InChI is InChI=1S/C25H22ClN5O3/c1-34-15-14-27-24(32)20-13-12-18(16-21(20)26)28-25(33)22-29-23(17-8-4-2-5-9-17)31(30-22)19-10-6-3-7-11-19/h2-13,16H,14-15H2,1H3,(H,27,32)(H,28,33). The minimum atomic E-state index is -0.500. The van der Waals surface area contributed by atoms with Crippen molar-refractivity contribution < 1.29 is 14.3 Å². The molecule has 1 heterocycles. The van der Waals surface area contributed by atoms with Gasteiger partial charge in [-0.2, -0.15) is 0 Å². The minimum Gasteiger partial charge on any atom is -0.383 e. The highest BCUT2D eigenvalue weighted by atomic mass is 35.5. The quantitative estimate of drug-likeness (QED) is 0.372. The van der Waals surface area contributed by atoms with Crippen LogP contribution in [0.2, 0.25) is 5.02 Å². The number of carbonyl (C=O) groups is 2. The zero-order valence-electron chi connectivity index (χ0n) is 18.4. The third kappa shape index (κ3) is 5.31. The average molecular weight is 476 g/mol. The third-order valence-corrected chi connectivity index (χ3v) is 5.22. The van der Waals surface area contributed by atoms with Gasteiger partial charge in [0.25, 0.3) is 11.8 Å². The van der Waals surface area contributed by atoms with E-state index in [4.69, 9.17) is 16.3 Å². The largest absolute Gasteiger partial charge is 0.383 e. The second-order valence-electron chi connectivity index (χ2n) is 7.27. The van der Waals surface area contributed by atoms with Gasteiger partial charge in [-0.05, 0) is 30.3 Å². The van der Waals surface area contributed by atoms with Crippen molar-refractivity contribution in [2.24, 2.45) is 0 Å². The minimum absolute atomic E-state index is 0.000198. The van der Waals surface area contributed by atoms with E-state index < -0.39 is 5.91 Å². The second kappa shape index (κ2) is 10.7. The van der Waals surface area contributed by atoms with Crippen LogP contribution < -0.4 is 10.6 Å². The van der Waals surface area contributed by atoms with E-state index in [0.717, 1.165) is 11.3 Å². The Labute approximate surface area is 201 Å². The van der Waals surface area contributed by atoms with Crippen molar-refractivity contribution >= 4 is 29.1 Å². The number of hydrogen-bond donors (Lipinski definition) is 2. The summed E-state index contributed by atoms with van der Waals surface area (Å²) in [5.41, 5.74) is 2.32. The number of hydrogen-bond acceptors (Lipinski definition) is 5. The lowest BCUT2D eigenvalue weighted by atomic mass is 10.2. The van der Waals surface area contributed by atoms with Gasteiger partial charge in [-0.15, -0.1) is 5.10 Å². The fraction of sp³-hybridized carbons (Fsp3) is 0.120. The van der Waals surface area contributed by atoms with E-state index in [1.807, 2.05) is 60.7 Å². The number of methoxy groups -OCH3 is 1. The Morgan fingerprint density at radius 1 is 0.971 bits per heavy atom. The van der Waals surface area contributed by atoms with Crippen LogP contribution >= 0.6 is 11.6 Å². The Morgan fingerprint density at radius 2 is 1.68 bits per heavy atom. The summed E-state index contributed by atoms with van der Waals surface area (Å²) in [5, 5.41) is 10.1. The molecule has 34 heavy (non-hydrogen) atoms. The molecule has 4 aromatic rings. The highest BCUT2D eigenvalue weighted by Crippen LogP contribution is 2.23. The number of ether oxygens (including phenoxy) is 1. The van der Waals surface area contributed by atoms with E-state index >= 15 is 0 Å². The Bertz CT molecular complexity index is 1240. The molecule has 0 spiro atoms. The number of benzene rings is 3. The molecule has 2 amide bonds. The van der Waals surface area contributed by atoms with E-state index in [1.54, 1.807) is 23.9 Å². The van der Waals surface area contributed by atoms with Crippen LogP contribution in [0.4, 0.5) is 5.69 Å². The summed E-state index contributed by atoms with van der Waals surface area (Å²) in [6.45, 7) is 0.759. The predicted octanol–water partition coefficient (Wildman–Crippen LogP) is 4.22. The van der Waals surface area contributed by atoms with Gasteiger partial charge in [-0.1, -0.05) is 60.1 Å². The zero-order chi connectivity index (χ0) is 23.9. The number of anilines is 1. The lowest BCUT2D eigenvalue weighted by Crippen LogP contribution is -2.27. The van der Waals surface area contributed by atoms with Crippen molar-refractivity contribution in [1.82, 2.24) is 20.1 Å². The smallest absolute Gasteiger partial charge is 0.295 e. The summed E-state index contributed by atoms with van der Waals surface area (Å²) in [5.74, 6) is -0.283. The van der Waals surface area contributed by atoms with E-state index in [-0.39, 0.29) is 16.8 Å².